The molecule has 3 atom stereocenters. The molecule has 0 aliphatic heterocycles. The molecule has 2 aliphatic carbocycles. The van der Waals surface area contributed by atoms with E-state index in [9.17, 15) is 5.11 Å². The van der Waals surface area contributed by atoms with Gasteiger partial charge in [-0.05, 0) is 31.1 Å². The Hall–Kier alpha value is -0.0800. The fourth-order valence-electron chi connectivity index (χ4n) is 4.12. The molecular weight excluding hydrogens is 224 g/mol. The predicted octanol–water partition coefficient (Wildman–Crippen LogP) is 3.91. The number of hydrogen-bond donors (Lipinski definition) is 1. The Morgan fingerprint density at radius 1 is 1.17 bits per heavy atom. The minimum atomic E-state index is -0.256. The van der Waals surface area contributed by atoms with Gasteiger partial charge < -0.3 is 9.84 Å². The molecule has 3 unspecified atom stereocenters. The van der Waals surface area contributed by atoms with Crippen LogP contribution < -0.4 is 0 Å². The Labute approximate surface area is 112 Å². The van der Waals surface area contributed by atoms with E-state index in [1.807, 2.05) is 0 Å². The molecule has 0 aromatic carbocycles. The van der Waals surface area contributed by atoms with Gasteiger partial charge in [0, 0.05) is 7.11 Å². The van der Waals surface area contributed by atoms with Gasteiger partial charge in [-0.15, -0.1) is 0 Å². The lowest BCUT2D eigenvalue weighted by molar-refractivity contribution is -0.138. The van der Waals surface area contributed by atoms with Crippen LogP contribution >= 0.6 is 0 Å². The smallest absolute Gasteiger partial charge is 0.0939 e. The summed E-state index contributed by atoms with van der Waals surface area (Å²) in [7, 11) is 1.79. The molecule has 0 saturated heterocycles. The topological polar surface area (TPSA) is 29.5 Å². The van der Waals surface area contributed by atoms with Gasteiger partial charge in [0.05, 0.1) is 11.7 Å². The Balaban J connectivity index is 1.93. The largest absolute Gasteiger partial charge is 0.390 e. The van der Waals surface area contributed by atoms with E-state index >= 15 is 0 Å². The molecule has 2 heteroatoms. The molecule has 0 heterocycles. The quantitative estimate of drug-likeness (QED) is 0.824. The molecule has 0 radical (unpaired) electrons. The summed E-state index contributed by atoms with van der Waals surface area (Å²) in [5.41, 5.74) is -0.241. The maximum atomic E-state index is 10.7. The number of aliphatic hydroxyl groups excluding tert-OH is 1. The van der Waals surface area contributed by atoms with Crippen molar-refractivity contribution in [2.24, 2.45) is 11.8 Å². The second-order valence-electron chi connectivity index (χ2n) is 6.73. The standard InChI is InChI=1S/C16H30O2/c1-13-7-6-10-16(12-13,18-2)15(17)11-14-8-4-3-5-9-14/h13-15,17H,3-12H2,1-2H3. The molecule has 0 bridgehead atoms. The highest BCUT2D eigenvalue weighted by molar-refractivity contribution is 4.94. The van der Waals surface area contributed by atoms with Crippen molar-refractivity contribution in [1.82, 2.24) is 0 Å². The van der Waals surface area contributed by atoms with E-state index < -0.39 is 0 Å². The molecule has 18 heavy (non-hydrogen) atoms. The molecule has 2 rings (SSSR count). The van der Waals surface area contributed by atoms with Crippen LogP contribution in [-0.4, -0.2) is 23.9 Å². The van der Waals surface area contributed by atoms with Crippen LogP contribution in [0.1, 0.15) is 71.1 Å². The first-order valence-electron chi connectivity index (χ1n) is 7.89. The number of ether oxygens (including phenoxy) is 1. The Bertz CT molecular complexity index is 247. The average molecular weight is 254 g/mol. The van der Waals surface area contributed by atoms with E-state index in [1.54, 1.807) is 7.11 Å². The van der Waals surface area contributed by atoms with Crippen molar-refractivity contribution in [2.75, 3.05) is 7.11 Å². The van der Waals surface area contributed by atoms with Crippen LogP contribution in [0.15, 0.2) is 0 Å². The first-order chi connectivity index (χ1) is 8.66. The molecule has 1 N–H and O–H groups in total. The van der Waals surface area contributed by atoms with E-state index in [-0.39, 0.29) is 11.7 Å². The van der Waals surface area contributed by atoms with E-state index in [1.165, 1.54) is 44.9 Å². The molecule has 2 nitrogen and oxygen atoms in total. The van der Waals surface area contributed by atoms with Gasteiger partial charge in [-0.1, -0.05) is 51.9 Å². The third-order valence-electron chi connectivity index (χ3n) is 5.29. The van der Waals surface area contributed by atoms with Gasteiger partial charge in [0.2, 0.25) is 0 Å². The maximum Gasteiger partial charge on any atom is 0.0939 e. The Morgan fingerprint density at radius 2 is 1.89 bits per heavy atom. The van der Waals surface area contributed by atoms with Gasteiger partial charge in [0.15, 0.2) is 0 Å². The molecule has 0 aromatic heterocycles. The zero-order valence-corrected chi connectivity index (χ0v) is 12.2. The lowest BCUT2D eigenvalue weighted by Gasteiger charge is -2.43. The van der Waals surface area contributed by atoms with Gasteiger partial charge >= 0.3 is 0 Å². The zero-order valence-electron chi connectivity index (χ0n) is 12.2. The van der Waals surface area contributed by atoms with Crippen LogP contribution in [0.3, 0.4) is 0 Å². The van der Waals surface area contributed by atoms with Crippen molar-refractivity contribution in [3.8, 4) is 0 Å². The minimum absolute atomic E-state index is 0.241. The van der Waals surface area contributed by atoms with Gasteiger partial charge in [0.25, 0.3) is 0 Å². The van der Waals surface area contributed by atoms with Crippen molar-refractivity contribution in [2.45, 2.75) is 82.8 Å². The predicted molar refractivity (Wildman–Crippen MR) is 74.6 cm³/mol. The van der Waals surface area contributed by atoms with Crippen molar-refractivity contribution in [3.05, 3.63) is 0 Å². The summed E-state index contributed by atoms with van der Waals surface area (Å²) < 4.78 is 5.80. The van der Waals surface area contributed by atoms with Crippen LogP contribution in [-0.2, 0) is 4.74 Å². The highest BCUT2D eigenvalue weighted by Crippen LogP contribution is 2.40. The molecule has 0 aromatic rings. The SMILES string of the molecule is COC1(C(O)CC2CCCCC2)CCCC(C)C1. The molecular formula is C16H30O2. The highest BCUT2D eigenvalue weighted by Gasteiger charge is 2.42. The second-order valence-corrected chi connectivity index (χ2v) is 6.73. The minimum Gasteiger partial charge on any atom is -0.390 e. The number of methoxy groups -OCH3 is 1. The van der Waals surface area contributed by atoms with Crippen LogP contribution in [0, 0.1) is 11.8 Å². The molecule has 106 valence electrons. The summed E-state index contributed by atoms with van der Waals surface area (Å²) in [5.74, 6) is 1.43. The number of hydrogen-bond acceptors (Lipinski definition) is 2. The first-order valence-corrected chi connectivity index (χ1v) is 7.89. The summed E-state index contributed by atoms with van der Waals surface area (Å²) in [6, 6.07) is 0. The summed E-state index contributed by atoms with van der Waals surface area (Å²) in [6.45, 7) is 2.29. The van der Waals surface area contributed by atoms with E-state index in [2.05, 4.69) is 6.92 Å². The number of rotatable bonds is 4. The third kappa shape index (κ3) is 3.27. The van der Waals surface area contributed by atoms with Crippen molar-refractivity contribution in [3.63, 3.8) is 0 Å². The molecule has 0 amide bonds. The second kappa shape index (κ2) is 6.38. The first kappa shape index (κ1) is 14.3. The van der Waals surface area contributed by atoms with E-state index in [0.717, 1.165) is 25.2 Å². The summed E-state index contributed by atoms with van der Waals surface area (Å²) in [5, 5.41) is 10.7. The Morgan fingerprint density at radius 3 is 2.50 bits per heavy atom. The molecule has 2 aliphatic rings. The Kier molecular flexibility index (Phi) is 5.08. The number of aliphatic hydroxyl groups is 1. The van der Waals surface area contributed by atoms with Crippen LogP contribution in [0.25, 0.3) is 0 Å². The van der Waals surface area contributed by atoms with E-state index in [0.29, 0.717) is 5.92 Å². The summed E-state index contributed by atoms with van der Waals surface area (Å²) in [6.07, 6.45) is 12.0. The van der Waals surface area contributed by atoms with Gasteiger partial charge in [-0.25, -0.2) is 0 Å². The zero-order chi connectivity index (χ0) is 13.0. The van der Waals surface area contributed by atoms with Crippen molar-refractivity contribution < 1.29 is 9.84 Å². The molecule has 2 saturated carbocycles. The van der Waals surface area contributed by atoms with Crippen molar-refractivity contribution >= 4 is 0 Å². The van der Waals surface area contributed by atoms with Crippen molar-refractivity contribution in [1.29, 1.82) is 0 Å². The van der Waals surface area contributed by atoms with E-state index in [4.69, 9.17) is 4.74 Å². The van der Waals surface area contributed by atoms with Gasteiger partial charge in [-0.3, -0.25) is 0 Å². The van der Waals surface area contributed by atoms with Crippen LogP contribution in [0.5, 0.6) is 0 Å². The third-order valence-corrected chi connectivity index (χ3v) is 5.29. The molecule has 0 spiro atoms. The van der Waals surface area contributed by atoms with Crippen LogP contribution in [0.4, 0.5) is 0 Å². The fourth-order valence-corrected chi connectivity index (χ4v) is 4.12. The lowest BCUT2D eigenvalue weighted by atomic mass is 9.72. The average Bonchev–Trinajstić information content (AvgIpc) is 2.39. The summed E-state index contributed by atoms with van der Waals surface area (Å²) >= 11 is 0. The highest BCUT2D eigenvalue weighted by atomic mass is 16.5. The lowest BCUT2D eigenvalue weighted by Crippen LogP contribution is -2.48. The normalized spacial score (nSPS) is 36.5. The monoisotopic (exact) mass is 254 g/mol. The maximum absolute atomic E-state index is 10.7. The van der Waals surface area contributed by atoms with Gasteiger partial charge in [-0.2, -0.15) is 0 Å². The van der Waals surface area contributed by atoms with Crippen LogP contribution in [0.2, 0.25) is 0 Å². The summed E-state index contributed by atoms with van der Waals surface area (Å²) in [4.78, 5) is 0. The molecule has 2 fully saturated rings. The fraction of sp³-hybridized carbons (Fsp3) is 1.00. The van der Waals surface area contributed by atoms with Gasteiger partial charge in [0.1, 0.15) is 0 Å².